The van der Waals surface area contributed by atoms with Crippen LogP contribution >= 0.6 is 0 Å². The number of hydrogen-bond acceptors (Lipinski definition) is 6. The molecule has 2 atom stereocenters. The smallest absolute Gasteiger partial charge is 0.407 e. The first-order valence-corrected chi connectivity index (χ1v) is 14.2. The summed E-state index contributed by atoms with van der Waals surface area (Å²) in [4.78, 5) is 52.0. The van der Waals surface area contributed by atoms with Gasteiger partial charge in [0.2, 0.25) is 11.8 Å². The van der Waals surface area contributed by atoms with Gasteiger partial charge in [0.1, 0.15) is 24.7 Å². The Bertz CT molecular complexity index is 917. The minimum Gasteiger partial charge on any atom is -0.491 e. The summed E-state index contributed by atoms with van der Waals surface area (Å²) in [5.74, 6) is 0.604. The lowest BCUT2D eigenvalue weighted by atomic mass is 9.84. The fourth-order valence-electron chi connectivity index (χ4n) is 5.12. The summed E-state index contributed by atoms with van der Waals surface area (Å²) < 4.78 is 11.0. The normalized spacial score (nSPS) is 17.2. The first-order chi connectivity index (χ1) is 18.5. The molecule has 0 bridgehead atoms. The number of benzene rings is 1. The average Bonchev–Trinajstić information content (AvgIpc) is 3.16. The van der Waals surface area contributed by atoms with Crippen molar-refractivity contribution in [3.8, 4) is 5.75 Å². The summed E-state index contributed by atoms with van der Waals surface area (Å²) in [7, 11) is 0. The molecule has 3 amide bonds. The van der Waals surface area contributed by atoms with Gasteiger partial charge in [-0.3, -0.25) is 9.59 Å². The highest BCUT2D eigenvalue weighted by Gasteiger charge is 2.28. The van der Waals surface area contributed by atoms with E-state index in [1.165, 1.54) is 6.42 Å². The second kappa shape index (κ2) is 16.0. The number of amides is 3. The number of aldehydes is 1. The standard InChI is InChI=1S/C29H43N3O6/c1-2-3-9-17-38-29(36)31-25(19-22-10-5-4-6-11-22)28(35)30-24(21-33)14-15-27(34)32-16-18-37-26-13-8-7-12-23(26)20-32/h7-8,12-13,21-22,24-25H,2-6,9-11,14-20H2,1H3,(H,30,35)(H,31,36)/t24-,25-/m0/s1. The van der Waals surface area contributed by atoms with Crippen LogP contribution in [0.2, 0.25) is 0 Å². The average molecular weight is 530 g/mol. The van der Waals surface area contributed by atoms with Gasteiger partial charge in [0.25, 0.3) is 0 Å². The van der Waals surface area contributed by atoms with E-state index in [1.54, 1.807) is 4.90 Å². The zero-order valence-corrected chi connectivity index (χ0v) is 22.6. The molecule has 2 N–H and O–H groups in total. The second-order valence-corrected chi connectivity index (χ2v) is 10.3. The van der Waals surface area contributed by atoms with Crippen LogP contribution in [-0.2, 0) is 25.7 Å². The van der Waals surface area contributed by atoms with Crippen LogP contribution in [0.1, 0.15) is 83.1 Å². The summed E-state index contributed by atoms with van der Waals surface area (Å²) >= 11 is 0. The number of unbranched alkanes of at least 4 members (excludes halogenated alkanes) is 2. The summed E-state index contributed by atoms with van der Waals surface area (Å²) in [6.07, 6.45) is 9.08. The quantitative estimate of drug-likeness (QED) is 0.293. The summed E-state index contributed by atoms with van der Waals surface area (Å²) in [5.41, 5.74) is 0.941. The molecule has 2 aliphatic rings. The molecule has 0 unspecified atom stereocenters. The first-order valence-electron chi connectivity index (χ1n) is 14.2. The fourth-order valence-corrected chi connectivity index (χ4v) is 5.12. The third kappa shape index (κ3) is 9.65. The van der Waals surface area contributed by atoms with Gasteiger partial charge in [-0.1, -0.05) is 70.1 Å². The molecular formula is C29H43N3O6. The van der Waals surface area contributed by atoms with Gasteiger partial charge in [0.05, 0.1) is 19.2 Å². The molecule has 0 spiro atoms. The van der Waals surface area contributed by atoms with E-state index in [0.717, 1.165) is 56.3 Å². The Morgan fingerprint density at radius 1 is 1.13 bits per heavy atom. The SMILES string of the molecule is CCCCCOC(=O)N[C@@H](CC1CCCCC1)C(=O)N[C@H](C=O)CCC(=O)N1CCOc2ccccc2C1. The molecule has 38 heavy (non-hydrogen) atoms. The molecule has 1 heterocycles. The molecule has 1 aromatic carbocycles. The Kier molecular flexibility index (Phi) is 12.4. The van der Waals surface area contributed by atoms with E-state index in [9.17, 15) is 19.2 Å². The number of nitrogens with zero attached hydrogens (tertiary/aromatic N) is 1. The number of para-hydroxylation sites is 1. The lowest BCUT2D eigenvalue weighted by Gasteiger charge is -2.27. The lowest BCUT2D eigenvalue weighted by molar-refractivity contribution is -0.132. The van der Waals surface area contributed by atoms with Crippen molar-refractivity contribution in [3.05, 3.63) is 29.8 Å². The molecule has 0 saturated heterocycles. The molecular weight excluding hydrogens is 486 g/mol. The van der Waals surface area contributed by atoms with Gasteiger partial charge in [-0.15, -0.1) is 0 Å². The van der Waals surface area contributed by atoms with Gasteiger partial charge in [-0.25, -0.2) is 4.79 Å². The van der Waals surface area contributed by atoms with Crippen molar-refractivity contribution in [1.29, 1.82) is 0 Å². The maximum absolute atomic E-state index is 13.2. The van der Waals surface area contributed by atoms with E-state index >= 15 is 0 Å². The zero-order valence-electron chi connectivity index (χ0n) is 22.6. The highest BCUT2D eigenvalue weighted by molar-refractivity contribution is 5.87. The highest BCUT2D eigenvalue weighted by atomic mass is 16.5. The number of fused-ring (bicyclic) bond motifs is 1. The molecule has 1 saturated carbocycles. The molecule has 210 valence electrons. The Morgan fingerprint density at radius 2 is 1.92 bits per heavy atom. The number of hydrogen-bond donors (Lipinski definition) is 2. The van der Waals surface area contributed by atoms with Gasteiger partial charge in [0, 0.05) is 18.5 Å². The number of carbonyl (C=O) groups is 4. The van der Waals surface area contributed by atoms with E-state index in [1.807, 2.05) is 24.3 Å². The molecule has 1 aromatic rings. The van der Waals surface area contributed by atoms with E-state index in [2.05, 4.69) is 17.6 Å². The van der Waals surface area contributed by atoms with E-state index in [0.29, 0.717) is 44.9 Å². The van der Waals surface area contributed by atoms with Crippen LogP contribution in [0.15, 0.2) is 24.3 Å². The third-order valence-corrected chi connectivity index (χ3v) is 7.35. The van der Waals surface area contributed by atoms with E-state index < -0.39 is 24.1 Å². The first kappa shape index (κ1) is 29.5. The predicted molar refractivity (Wildman–Crippen MR) is 144 cm³/mol. The largest absolute Gasteiger partial charge is 0.491 e. The van der Waals surface area contributed by atoms with Crippen LogP contribution in [0.25, 0.3) is 0 Å². The van der Waals surface area contributed by atoms with Crippen LogP contribution in [0, 0.1) is 5.92 Å². The molecule has 1 aliphatic carbocycles. The minimum atomic E-state index is -0.821. The molecule has 1 fully saturated rings. The highest BCUT2D eigenvalue weighted by Crippen LogP contribution is 2.27. The van der Waals surface area contributed by atoms with Gasteiger partial charge in [-0.05, 0) is 31.2 Å². The van der Waals surface area contributed by atoms with Gasteiger partial charge < -0.3 is 29.8 Å². The number of ether oxygens (including phenoxy) is 2. The third-order valence-electron chi connectivity index (χ3n) is 7.35. The molecule has 9 heteroatoms. The van der Waals surface area contributed by atoms with E-state index in [-0.39, 0.29) is 18.7 Å². The van der Waals surface area contributed by atoms with Crippen LogP contribution in [-0.4, -0.2) is 60.9 Å². The molecule has 3 rings (SSSR count). The second-order valence-electron chi connectivity index (χ2n) is 10.3. The van der Waals surface area contributed by atoms with Gasteiger partial charge >= 0.3 is 6.09 Å². The minimum absolute atomic E-state index is 0.0982. The van der Waals surface area contributed by atoms with Gasteiger partial charge in [0.15, 0.2) is 0 Å². The zero-order chi connectivity index (χ0) is 27.2. The summed E-state index contributed by atoms with van der Waals surface area (Å²) in [6.45, 7) is 3.69. The maximum atomic E-state index is 13.2. The van der Waals surface area contributed by atoms with Crippen molar-refractivity contribution in [2.45, 2.75) is 96.2 Å². The predicted octanol–water partition coefficient (Wildman–Crippen LogP) is 4.13. The molecule has 0 aromatic heterocycles. The van der Waals surface area contributed by atoms with Gasteiger partial charge in [-0.2, -0.15) is 0 Å². The summed E-state index contributed by atoms with van der Waals surface area (Å²) in [6, 6.07) is 6.03. The van der Waals surface area contributed by atoms with E-state index in [4.69, 9.17) is 9.47 Å². The Labute approximate surface area is 226 Å². The lowest BCUT2D eigenvalue weighted by Crippen LogP contribution is -2.51. The Morgan fingerprint density at radius 3 is 2.68 bits per heavy atom. The number of carbonyl (C=O) groups excluding carboxylic acids is 4. The van der Waals surface area contributed by atoms with Crippen molar-refractivity contribution in [2.75, 3.05) is 19.8 Å². The van der Waals surface area contributed by atoms with Crippen LogP contribution in [0.5, 0.6) is 5.75 Å². The van der Waals surface area contributed by atoms with Crippen molar-refractivity contribution in [3.63, 3.8) is 0 Å². The number of rotatable bonds is 13. The number of nitrogens with one attached hydrogen (secondary N) is 2. The van der Waals surface area contributed by atoms with Crippen LogP contribution in [0.3, 0.4) is 0 Å². The molecule has 0 radical (unpaired) electrons. The van der Waals surface area contributed by atoms with Crippen LogP contribution in [0.4, 0.5) is 4.79 Å². The molecule has 1 aliphatic heterocycles. The Balaban J connectivity index is 1.53. The maximum Gasteiger partial charge on any atom is 0.407 e. The van der Waals surface area contributed by atoms with Crippen LogP contribution < -0.4 is 15.4 Å². The van der Waals surface area contributed by atoms with Crippen molar-refractivity contribution in [2.24, 2.45) is 5.92 Å². The Hall–Kier alpha value is -3.10. The summed E-state index contributed by atoms with van der Waals surface area (Å²) in [5, 5.41) is 5.48. The molecule has 9 nitrogen and oxygen atoms in total. The topological polar surface area (TPSA) is 114 Å². The van der Waals surface area contributed by atoms with Crippen molar-refractivity contribution >= 4 is 24.2 Å². The number of alkyl carbamates (subject to hydrolysis) is 1. The van der Waals surface area contributed by atoms with Crippen molar-refractivity contribution in [1.82, 2.24) is 15.5 Å². The monoisotopic (exact) mass is 529 g/mol. The fraction of sp³-hybridized carbons (Fsp3) is 0.655. The van der Waals surface area contributed by atoms with Crippen molar-refractivity contribution < 1.29 is 28.7 Å².